The number of phenols is 1. The van der Waals surface area contributed by atoms with Crippen molar-refractivity contribution in [1.29, 1.82) is 0 Å². The van der Waals surface area contributed by atoms with E-state index >= 15 is 0 Å². The van der Waals surface area contributed by atoms with Gasteiger partial charge in [-0.25, -0.2) is 4.39 Å². The molecule has 1 saturated heterocycles. The molecule has 2 amide bonds. The quantitative estimate of drug-likeness (QED) is 0.778. The summed E-state index contributed by atoms with van der Waals surface area (Å²) in [6.07, 6.45) is 1.31. The largest absolute Gasteiger partial charge is 0.508 e. The van der Waals surface area contributed by atoms with Gasteiger partial charge in [-0.1, -0.05) is 32.9 Å². The molecule has 30 heavy (non-hydrogen) atoms. The van der Waals surface area contributed by atoms with Crippen molar-refractivity contribution in [3.63, 3.8) is 0 Å². The second-order valence-electron chi connectivity index (χ2n) is 9.20. The number of benzene rings is 2. The van der Waals surface area contributed by atoms with Gasteiger partial charge in [0, 0.05) is 30.5 Å². The number of carbonyl (C=O) groups excluding carboxylic acids is 2. The van der Waals surface area contributed by atoms with E-state index in [0.717, 1.165) is 17.5 Å². The molecule has 1 aliphatic heterocycles. The van der Waals surface area contributed by atoms with E-state index in [1.807, 2.05) is 11.0 Å². The zero-order valence-electron chi connectivity index (χ0n) is 17.8. The number of aromatic hydroxyl groups is 1. The van der Waals surface area contributed by atoms with Crippen molar-refractivity contribution in [2.75, 3.05) is 11.9 Å². The maximum Gasteiger partial charge on any atom is 0.254 e. The first kappa shape index (κ1) is 20.4. The Morgan fingerprint density at radius 2 is 1.93 bits per heavy atom. The number of hydrogen-bond acceptors (Lipinski definition) is 3. The summed E-state index contributed by atoms with van der Waals surface area (Å²) in [7, 11) is 0. The van der Waals surface area contributed by atoms with E-state index in [9.17, 15) is 19.1 Å². The Morgan fingerprint density at radius 1 is 1.20 bits per heavy atom. The molecule has 6 heteroatoms. The first-order valence-corrected chi connectivity index (χ1v) is 10.3. The minimum absolute atomic E-state index is 0.0575. The van der Waals surface area contributed by atoms with Gasteiger partial charge in [0.15, 0.2) is 0 Å². The molecular weight excluding hydrogens is 383 g/mol. The van der Waals surface area contributed by atoms with Gasteiger partial charge in [-0.3, -0.25) is 9.59 Å². The highest BCUT2D eigenvalue weighted by Crippen LogP contribution is 2.57. The molecular formula is C24H27FN2O3. The molecule has 2 bridgehead atoms. The zero-order chi connectivity index (χ0) is 21.8. The van der Waals surface area contributed by atoms with Gasteiger partial charge >= 0.3 is 0 Å². The summed E-state index contributed by atoms with van der Waals surface area (Å²) in [4.78, 5) is 26.4. The van der Waals surface area contributed by atoms with E-state index < -0.39 is 5.82 Å². The summed E-state index contributed by atoms with van der Waals surface area (Å²) < 4.78 is 14.4. The summed E-state index contributed by atoms with van der Waals surface area (Å²) >= 11 is 0. The normalized spacial score (nSPS) is 24.2. The summed E-state index contributed by atoms with van der Waals surface area (Å²) in [6, 6.07) is 9.69. The van der Waals surface area contributed by atoms with Gasteiger partial charge in [-0.15, -0.1) is 0 Å². The van der Waals surface area contributed by atoms with Crippen LogP contribution in [0, 0.1) is 11.2 Å². The van der Waals surface area contributed by atoms with Crippen molar-refractivity contribution in [3.05, 3.63) is 58.9 Å². The summed E-state index contributed by atoms with van der Waals surface area (Å²) in [5, 5.41) is 12.9. The van der Waals surface area contributed by atoms with Gasteiger partial charge in [0.1, 0.15) is 11.6 Å². The molecule has 0 saturated carbocycles. The lowest BCUT2D eigenvalue weighted by atomic mass is 9.51. The highest BCUT2D eigenvalue weighted by molar-refractivity contribution is 5.96. The maximum atomic E-state index is 14.4. The second-order valence-corrected chi connectivity index (χ2v) is 9.20. The van der Waals surface area contributed by atoms with Crippen molar-refractivity contribution in [1.82, 2.24) is 4.90 Å². The number of rotatable bonds is 2. The Labute approximate surface area is 175 Å². The molecule has 0 spiro atoms. The molecule has 5 nitrogen and oxygen atoms in total. The van der Waals surface area contributed by atoms with Crippen LogP contribution in [-0.4, -0.2) is 34.4 Å². The average Bonchev–Trinajstić information content (AvgIpc) is 2.66. The van der Waals surface area contributed by atoms with E-state index in [0.29, 0.717) is 13.0 Å². The number of carbonyl (C=O) groups is 2. The Bertz CT molecular complexity index is 1050. The minimum atomic E-state index is -0.635. The average molecular weight is 410 g/mol. The summed E-state index contributed by atoms with van der Waals surface area (Å²) in [6.45, 7) is 8.42. The predicted molar refractivity (Wildman–Crippen MR) is 113 cm³/mol. The second kappa shape index (κ2) is 6.83. The van der Waals surface area contributed by atoms with Crippen LogP contribution in [0.2, 0.25) is 0 Å². The van der Waals surface area contributed by atoms with Crippen LogP contribution in [0.3, 0.4) is 0 Å². The van der Waals surface area contributed by atoms with E-state index in [4.69, 9.17) is 0 Å². The number of hydrogen-bond donors (Lipinski definition) is 2. The van der Waals surface area contributed by atoms with Gasteiger partial charge in [-0.05, 0) is 53.6 Å². The van der Waals surface area contributed by atoms with Gasteiger partial charge in [0.25, 0.3) is 5.91 Å². The van der Waals surface area contributed by atoms with Crippen LogP contribution in [0.5, 0.6) is 5.75 Å². The van der Waals surface area contributed by atoms with Crippen LogP contribution in [0.15, 0.2) is 36.4 Å². The lowest BCUT2D eigenvalue weighted by Crippen LogP contribution is -2.64. The van der Waals surface area contributed by atoms with E-state index in [1.165, 1.54) is 19.1 Å². The Balaban J connectivity index is 1.71. The number of amides is 2. The lowest BCUT2D eigenvalue weighted by Gasteiger charge is -2.60. The van der Waals surface area contributed by atoms with E-state index in [2.05, 4.69) is 32.2 Å². The summed E-state index contributed by atoms with van der Waals surface area (Å²) in [5.41, 5.74) is 1.96. The van der Waals surface area contributed by atoms with Crippen LogP contribution in [0.1, 0.15) is 55.6 Å². The highest BCUT2D eigenvalue weighted by Gasteiger charge is 2.57. The van der Waals surface area contributed by atoms with E-state index in [1.54, 1.807) is 12.1 Å². The van der Waals surface area contributed by atoms with Gasteiger partial charge in [0.05, 0.1) is 5.69 Å². The van der Waals surface area contributed by atoms with Gasteiger partial charge in [-0.2, -0.15) is 0 Å². The van der Waals surface area contributed by atoms with Crippen LogP contribution in [0.4, 0.5) is 10.1 Å². The fraction of sp³-hybridized carbons (Fsp3) is 0.417. The Kier molecular flexibility index (Phi) is 4.64. The topological polar surface area (TPSA) is 69.6 Å². The molecule has 4 rings (SSSR count). The number of anilines is 1. The molecule has 1 fully saturated rings. The van der Waals surface area contributed by atoms with Crippen LogP contribution >= 0.6 is 0 Å². The SMILES string of the molecule is CC(=O)Nc1ccc(C(=O)N2CCC3(C)c4cccc(O)c4C[C@@H]2C3(C)C)cc1F. The number of fused-ring (bicyclic) bond motifs is 4. The third kappa shape index (κ3) is 2.89. The van der Waals surface area contributed by atoms with Crippen LogP contribution in [-0.2, 0) is 16.6 Å². The Morgan fingerprint density at radius 3 is 2.60 bits per heavy atom. The maximum absolute atomic E-state index is 14.4. The van der Waals surface area contributed by atoms with Gasteiger partial charge in [0.2, 0.25) is 5.91 Å². The van der Waals surface area contributed by atoms with Crippen LogP contribution < -0.4 is 5.32 Å². The number of nitrogens with one attached hydrogen (secondary N) is 1. The standard InChI is InChI=1S/C24H27FN2O3/c1-14(28)26-19-9-8-15(12-18(19)25)22(30)27-11-10-24(4)17-6-5-7-20(29)16(17)13-21(27)23(24,2)3/h5-9,12,21,29H,10-11,13H2,1-4H3,(H,26,28)/t21-,24?/m1/s1. The number of phenolic OH excluding ortho intramolecular Hbond substituents is 1. The molecule has 1 unspecified atom stereocenters. The van der Waals surface area contributed by atoms with Crippen molar-refractivity contribution in [3.8, 4) is 5.75 Å². The third-order valence-electron chi connectivity index (χ3n) is 7.41. The molecule has 1 aliphatic carbocycles. The molecule has 1 heterocycles. The minimum Gasteiger partial charge on any atom is -0.508 e. The summed E-state index contributed by atoms with van der Waals surface area (Å²) in [5.74, 6) is -0.976. The first-order valence-electron chi connectivity index (χ1n) is 10.3. The first-order chi connectivity index (χ1) is 14.1. The molecule has 2 aliphatic rings. The highest BCUT2D eigenvalue weighted by atomic mass is 19.1. The van der Waals surface area contributed by atoms with Crippen molar-refractivity contribution < 1.29 is 19.1 Å². The fourth-order valence-electron chi connectivity index (χ4n) is 5.27. The molecule has 2 atom stereocenters. The van der Waals surface area contributed by atoms with Crippen molar-refractivity contribution >= 4 is 17.5 Å². The number of halogens is 1. The molecule has 0 radical (unpaired) electrons. The predicted octanol–water partition coefficient (Wildman–Crippen LogP) is 4.24. The zero-order valence-corrected chi connectivity index (χ0v) is 17.8. The molecule has 0 aromatic heterocycles. The monoisotopic (exact) mass is 410 g/mol. The number of piperidine rings is 1. The fourth-order valence-corrected chi connectivity index (χ4v) is 5.27. The molecule has 2 aromatic rings. The molecule has 2 aromatic carbocycles. The third-order valence-corrected chi connectivity index (χ3v) is 7.41. The van der Waals surface area contributed by atoms with E-state index in [-0.39, 0.29) is 45.7 Å². The van der Waals surface area contributed by atoms with Gasteiger partial charge < -0.3 is 15.3 Å². The van der Waals surface area contributed by atoms with Crippen LogP contribution in [0.25, 0.3) is 0 Å². The smallest absolute Gasteiger partial charge is 0.254 e. The Hall–Kier alpha value is -2.89. The molecule has 158 valence electrons. The number of likely N-dealkylation sites (tertiary alicyclic amines) is 1. The van der Waals surface area contributed by atoms with Crippen molar-refractivity contribution in [2.45, 2.75) is 52.0 Å². The van der Waals surface area contributed by atoms with Crippen molar-refractivity contribution in [2.24, 2.45) is 5.41 Å². The molecule has 2 N–H and O–H groups in total. The number of nitrogens with zero attached hydrogens (tertiary/aromatic N) is 1. The lowest BCUT2D eigenvalue weighted by molar-refractivity contribution is -0.114.